The summed E-state index contributed by atoms with van der Waals surface area (Å²) >= 11 is 0. The van der Waals surface area contributed by atoms with Crippen LogP contribution in [-0.4, -0.2) is 29.0 Å². The van der Waals surface area contributed by atoms with Crippen LogP contribution in [0.15, 0.2) is 30.6 Å². The Kier molecular flexibility index (Phi) is 6.30. The van der Waals surface area contributed by atoms with Crippen LogP contribution < -0.4 is 26.6 Å². The maximum absolute atomic E-state index is 12.3. The lowest BCUT2D eigenvalue weighted by Gasteiger charge is -2.19. The SMILES string of the molecule is COc1ccc(C(=O)NNc2ncnc(NC3CCCCCC3)c2N)cc1. The first-order chi connectivity index (χ1) is 13.2. The molecule has 1 amide bonds. The average molecular weight is 370 g/mol. The molecule has 3 rings (SSSR count). The number of nitrogens with two attached hydrogens (primary N) is 1. The van der Waals surface area contributed by atoms with E-state index in [0.717, 1.165) is 12.8 Å². The minimum atomic E-state index is -0.297. The summed E-state index contributed by atoms with van der Waals surface area (Å²) in [7, 11) is 1.58. The van der Waals surface area contributed by atoms with Crippen molar-refractivity contribution in [1.29, 1.82) is 0 Å². The van der Waals surface area contributed by atoms with Gasteiger partial charge in [0.2, 0.25) is 0 Å². The van der Waals surface area contributed by atoms with E-state index in [4.69, 9.17) is 10.5 Å². The highest BCUT2D eigenvalue weighted by Crippen LogP contribution is 2.26. The quantitative estimate of drug-likeness (QED) is 0.456. The van der Waals surface area contributed by atoms with Gasteiger partial charge < -0.3 is 15.8 Å². The molecule has 0 saturated heterocycles. The summed E-state index contributed by atoms with van der Waals surface area (Å²) in [5, 5.41) is 3.42. The van der Waals surface area contributed by atoms with E-state index in [-0.39, 0.29) is 5.91 Å². The standard InChI is InChI=1S/C19H26N6O2/c1-27-15-10-8-13(9-11-15)19(26)25-24-18-16(20)17(21-12-22-18)23-14-6-4-2-3-5-7-14/h8-12,14H,2-7,20H2,1H3,(H,25,26)(H2,21,22,23,24). The van der Waals surface area contributed by atoms with Gasteiger partial charge >= 0.3 is 0 Å². The first-order valence-corrected chi connectivity index (χ1v) is 9.25. The number of aromatic nitrogens is 2. The number of hydrazine groups is 1. The zero-order valence-electron chi connectivity index (χ0n) is 15.5. The number of methoxy groups -OCH3 is 1. The number of hydrogen-bond donors (Lipinski definition) is 4. The fraction of sp³-hybridized carbons (Fsp3) is 0.421. The van der Waals surface area contributed by atoms with Gasteiger partial charge in [-0.25, -0.2) is 9.97 Å². The van der Waals surface area contributed by atoms with Crippen LogP contribution in [0, 0.1) is 0 Å². The number of carbonyl (C=O) groups is 1. The summed E-state index contributed by atoms with van der Waals surface area (Å²) in [6, 6.07) is 7.17. The van der Waals surface area contributed by atoms with E-state index in [9.17, 15) is 4.79 Å². The molecule has 1 fully saturated rings. The third-order valence-corrected chi connectivity index (χ3v) is 4.73. The van der Waals surface area contributed by atoms with E-state index in [1.807, 2.05) is 0 Å². The molecular weight excluding hydrogens is 344 g/mol. The Bertz CT molecular complexity index is 757. The number of nitrogens with zero attached hydrogens (tertiary/aromatic N) is 2. The Hall–Kier alpha value is -3.03. The van der Waals surface area contributed by atoms with Crippen molar-refractivity contribution in [2.45, 2.75) is 44.6 Å². The third kappa shape index (κ3) is 4.99. The van der Waals surface area contributed by atoms with Crippen LogP contribution in [-0.2, 0) is 0 Å². The van der Waals surface area contributed by atoms with Crippen molar-refractivity contribution in [3.63, 3.8) is 0 Å². The largest absolute Gasteiger partial charge is 0.497 e. The minimum Gasteiger partial charge on any atom is -0.497 e. The number of carbonyl (C=O) groups excluding carboxylic acids is 1. The van der Waals surface area contributed by atoms with Crippen LogP contribution in [0.25, 0.3) is 0 Å². The van der Waals surface area contributed by atoms with Crippen molar-refractivity contribution in [3.8, 4) is 5.75 Å². The van der Waals surface area contributed by atoms with Crippen molar-refractivity contribution in [1.82, 2.24) is 15.4 Å². The molecule has 5 N–H and O–H groups in total. The van der Waals surface area contributed by atoms with Crippen molar-refractivity contribution in [2.75, 3.05) is 23.6 Å². The van der Waals surface area contributed by atoms with Gasteiger partial charge in [-0.15, -0.1) is 0 Å². The lowest BCUT2D eigenvalue weighted by molar-refractivity contribution is 0.0962. The van der Waals surface area contributed by atoms with E-state index in [0.29, 0.717) is 34.7 Å². The minimum absolute atomic E-state index is 0.297. The van der Waals surface area contributed by atoms with Gasteiger partial charge in [-0.3, -0.25) is 15.6 Å². The number of nitrogen functional groups attached to an aromatic ring is 1. The smallest absolute Gasteiger partial charge is 0.269 e. The molecule has 0 spiro atoms. The summed E-state index contributed by atoms with van der Waals surface area (Å²) in [6.07, 6.45) is 8.64. The van der Waals surface area contributed by atoms with Gasteiger partial charge in [-0.2, -0.15) is 0 Å². The lowest BCUT2D eigenvalue weighted by atomic mass is 10.1. The van der Waals surface area contributed by atoms with Crippen LogP contribution in [0.2, 0.25) is 0 Å². The summed E-state index contributed by atoms with van der Waals surface area (Å²) in [6.45, 7) is 0. The molecule has 8 nitrogen and oxygen atoms in total. The monoisotopic (exact) mass is 370 g/mol. The Morgan fingerprint density at radius 1 is 1.07 bits per heavy atom. The van der Waals surface area contributed by atoms with E-state index in [1.165, 1.54) is 32.0 Å². The maximum atomic E-state index is 12.3. The van der Waals surface area contributed by atoms with Crippen LogP contribution in [0.1, 0.15) is 48.9 Å². The van der Waals surface area contributed by atoms with Crippen molar-refractivity contribution in [2.24, 2.45) is 0 Å². The number of anilines is 3. The Morgan fingerprint density at radius 2 is 1.74 bits per heavy atom. The Morgan fingerprint density at radius 3 is 2.41 bits per heavy atom. The molecule has 1 heterocycles. The van der Waals surface area contributed by atoms with Crippen LogP contribution >= 0.6 is 0 Å². The molecule has 0 atom stereocenters. The van der Waals surface area contributed by atoms with Crippen molar-refractivity contribution in [3.05, 3.63) is 36.2 Å². The molecule has 1 aromatic carbocycles. The van der Waals surface area contributed by atoms with E-state index in [2.05, 4.69) is 26.1 Å². The molecule has 1 aliphatic rings. The molecule has 8 heteroatoms. The molecule has 2 aromatic rings. The first-order valence-electron chi connectivity index (χ1n) is 9.25. The topological polar surface area (TPSA) is 114 Å². The van der Waals surface area contributed by atoms with Gasteiger partial charge in [-0.1, -0.05) is 25.7 Å². The summed E-state index contributed by atoms with van der Waals surface area (Å²) in [5.41, 5.74) is 12.5. The number of ether oxygens (including phenoxy) is 1. The van der Waals surface area contributed by atoms with Crippen molar-refractivity contribution >= 4 is 23.2 Å². The predicted octanol–water partition coefficient (Wildman–Crippen LogP) is 2.96. The second kappa shape index (κ2) is 9.07. The number of amides is 1. The first kappa shape index (κ1) is 18.8. The van der Waals surface area contributed by atoms with E-state index in [1.54, 1.807) is 31.4 Å². The van der Waals surface area contributed by atoms with Gasteiger partial charge in [0.25, 0.3) is 5.91 Å². The molecule has 27 heavy (non-hydrogen) atoms. The van der Waals surface area contributed by atoms with E-state index >= 15 is 0 Å². The third-order valence-electron chi connectivity index (χ3n) is 4.73. The predicted molar refractivity (Wildman–Crippen MR) is 106 cm³/mol. The molecule has 0 unspecified atom stereocenters. The zero-order chi connectivity index (χ0) is 19.1. The number of hydrogen-bond acceptors (Lipinski definition) is 7. The molecule has 1 aromatic heterocycles. The van der Waals surface area contributed by atoms with Gasteiger partial charge in [0.1, 0.15) is 17.8 Å². The molecular formula is C19H26N6O2. The number of benzene rings is 1. The maximum Gasteiger partial charge on any atom is 0.269 e. The molecule has 144 valence electrons. The second-order valence-corrected chi connectivity index (χ2v) is 6.63. The Labute approximate surface area is 158 Å². The summed E-state index contributed by atoms with van der Waals surface area (Å²) < 4.78 is 5.09. The van der Waals surface area contributed by atoms with Crippen LogP contribution in [0.5, 0.6) is 5.75 Å². The highest BCUT2D eigenvalue weighted by Gasteiger charge is 2.16. The van der Waals surface area contributed by atoms with Crippen molar-refractivity contribution < 1.29 is 9.53 Å². The molecule has 1 aliphatic carbocycles. The highest BCUT2D eigenvalue weighted by atomic mass is 16.5. The van der Waals surface area contributed by atoms with Crippen LogP contribution in [0.3, 0.4) is 0 Å². The Balaban J connectivity index is 1.61. The van der Waals surface area contributed by atoms with Gasteiger partial charge in [0.15, 0.2) is 11.6 Å². The van der Waals surface area contributed by atoms with Gasteiger partial charge in [-0.05, 0) is 37.1 Å². The van der Waals surface area contributed by atoms with Gasteiger partial charge in [0, 0.05) is 11.6 Å². The highest BCUT2D eigenvalue weighted by molar-refractivity contribution is 5.95. The average Bonchev–Trinajstić information content (AvgIpc) is 2.97. The number of rotatable bonds is 6. The molecule has 1 saturated carbocycles. The molecule has 0 bridgehead atoms. The normalized spacial score (nSPS) is 14.9. The molecule has 0 aliphatic heterocycles. The van der Waals surface area contributed by atoms with Gasteiger partial charge in [0.05, 0.1) is 7.11 Å². The lowest BCUT2D eigenvalue weighted by Crippen LogP contribution is -2.30. The second-order valence-electron chi connectivity index (χ2n) is 6.63. The zero-order valence-corrected chi connectivity index (χ0v) is 15.5. The summed E-state index contributed by atoms with van der Waals surface area (Å²) in [5.74, 6) is 1.35. The van der Waals surface area contributed by atoms with E-state index < -0.39 is 0 Å². The fourth-order valence-electron chi connectivity index (χ4n) is 3.16. The summed E-state index contributed by atoms with van der Waals surface area (Å²) in [4.78, 5) is 20.6. The van der Waals surface area contributed by atoms with Crippen LogP contribution in [0.4, 0.5) is 17.3 Å². The fourth-order valence-corrected chi connectivity index (χ4v) is 3.16. The number of nitrogens with one attached hydrogen (secondary N) is 3. The molecule has 0 radical (unpaired) electrons.